The van der Waals surface area contributed by atoms with Gasteiger partial charge >= 0.3 is 0 Å². The zero-order valence-electron chi connectivity index (χ0n) is 7.79. The van der Waals surface area contributed by atoms with Gasteiger partial charge in [0.15, 0.2) is 5.90 Å². The molecule has 1 heterocycles. The summed E-state index contributed by atoms with van der Waals surface area (Å²) in [7, 11) is 0. The van der Waals surface area contributed by atoms with Crippen LogP contribution in [0.2, 0.25) is 0 Å². The number of ether oxygens (including phenoxy) is 1. The minimum atomic E-state index is 0.751. The lowest BCUT2D eigenvalue weighted by Crippen LogP contribution is -2.03. The SMILES string of the molecule is Cc1cccc(CC2=NCCO2)c1. The van der Waals surface area contributed by atoms with Gasteiger partial charge in [-0.3, -0.25) is 4.99 Å². The molecule has 0 aliphatic carbocycles. The third-order valence-electron chi connectivity index (χ3n) is 2.09. The zero-order valence-corrected chi connectivity index (χ0v) is 7.79. The molecule has 0 aromatic heterocycles. The van der Waals surface area contributed by atoms with Crippen LogP contribution in [-0.4, -0.2) is 19.0 Å². The van der Waals surface area contributed by atoms with E-state index in [0.717, 1.165) is 25.5 Å². The fourth-order valence-electron chi connectivity index (χ4n) is 1.48. The molecule has 0 spiro atoms. The lowest BCUT2D eigenvalue weighted by atomic mass is 10.1. The van der Waals surface area contributed by atoms with E-state index in [9.17, 15) is 0 Å². The molecule has 68 valence electrons. The number of aryl methyl sites for hydroxylation is 1. The predicted molar refractivity (Wildman–Crippen MR) is 53.1 cm³/mol. The van der Waals surface area contributed by atoms with E-state index in [2.05, 4.69) is 36.2 Å². The van der Waals surface area contributed by atoms with Crippen molar-refractivity contribution in [3.05, 3.63) is 35.4 Å². The highest BCUT2D eigenvalue weighted by atomic mass is 16.5. The third-order valence-corrected chi connectivity index (χ3v) is 2.09. The maximum atomic E-state index is 5.35. The fourth-order valence-corrected chi connectivity index (χ4v) is 1.48. The standard InChI is InChI=1S/C11H13NO/c1-9-3-2-4-10(7-9)8-11-12-5-6-13-11/h2-4,7H,5-6,8H2,1H3. The Balaban J connectivity index is 2.09. The molecule has 1 aromatic carbocycles. The predicted octanol–water partition coefficient (Wildman–Crippen LogP) is 1.97. The molecule has 13 heavy (non-hydrogen) atoms. The van der Waals surface area contributed by atoms with Gasteiger partial charge in [-0.25, -0.2) is 0 Å². The summed E-state index contributed by atoms with van der Waals surface area (Å²) in [6.45, 7) is 3.67. The van der Waals surface area contributed by atoms with Gasteiger partial charge in [-0.1, -0.05) is 29.8 Å². The number of rotatable bonds is 2. The Morgan fingerprint density at radius 2 is 2.38 bits per heavy atom. The van der Waals surface area contributed by atoms with E-state index < -0.39 is 0 Å². The average Bonchev–Trinajstić information content (AvgIpc) is 2.57. The summed E-state index contributed by atoms with van der Waals surface area (Å²) in [5.41, 5.74) is 2.57. The van der Waals surface area contributed by atoms with Crippen molar-refractivity contribution in [3.63, 3.8) is 0 Å². The van der Waals surface area contributed by atoms with Gasteiger partial charge in [0.25, 0.3) is 0 Å². The smallest absolute Gasteiger partial charge is 0.187 e. The summed E-state index contributed by atoms with van der Waals surface area (Å²) in [5, 5.41) is 0. The minimum absolute atomic E-state index is 0.751. The van der Waals surface area contributed by atoms with Crippen LogP contribution < -0.4 is 0 Å². The molecule has 1 aliphatic rings. The van der Waals surface area contributed by atoms with Crippen LogP contribution in [0.25, 0.3) is 0 Å². The van der Waals surface area contributed by atoms with Gasteiger partial charge in [-0.2, -0.15) is 0 Å². The summed E-state index contributed by atoms with van der Waals surface area (Å²) in [5.74, 6) is 0.880. The number of hydrogen-bond donors (Lipinski definition) is 0. The second kappa shape index (κ2) is 3.60. The van der Waals surface area contributed by atoms with Gasteiger partial charge in [-0.15, -0.1) is 0 Å². The normalized spacial score (nSPS) is 15.3. The van der Waals surface area contributed by atoms with Crippen molar-refractivity contribution in [2.45, 2.75) is 13.3 Å². The van der Waals surface area contributed by atoms with Gasteiger partial charge in [0.2, 0.25) is 0 Å². The van der Waals surface area contributed by atoms with Gasteiger partial charge in [0.05, 0.1) is 6.54 Å². The molecule has 0 radical (unpaired) electrons. The van der Waals surface area contributed by atoms with E-state index in [4.69, 9.17) is 4.74 Å². The van der Waals surface area contributed by atoms with Crippen molar-refractivity contribution in [2.75, 3.05) is 13.2 Å². The van der Waals surface area contributed by atoms with Crippen LogP contribution in [0.1, 0.15) is 11.1 Å². The highest BCUT2D eigenvalue weighted by Gasteiger charge is 2.07. The molecule has 0 saturated heterocycles. The summed E-state index contributed by atoms with van der Waals surface area (Å²) in [6, 6.07) is 8.45. The molecule has 1 aromatic rings. The third kappa shape index (κ3) is 2.08. The van der Waals surface area contributed by atoms with Gasteiger partial charge in [-0.05, 0) is 12.5 Å². The quantitative estimate of drug-likeness (QED) is 0.673. The molecule has 2 rings (SSSR count). The molecule has 0 unspecified atom stereocenters. The van der Waals surface area contributed by atoms with Crippen molar-refractivity contribution < 1.29 is 4.74 Å². The van der Waals surface area contributed by atoms with E-state index in [1.807, 2.05) is 0 Å². The first-order valence-electron chi connectivity index (χ1n) is 4.56. The van der Waals surface area contributed by atoms with Crippen LogP contribution >= 0.6 is 0 Å². The zero-order chi connectivity index (χ0) is 9.10. The van der Waals surface area contributed by atoms with E-state index in [-0.39, 0.29) is 0 Å². The molecular formula is C11H13NO. The number of nitrogens with zero attached hydrogens (tertiary/aromatic N) is 1. The average molecular weight is 175 g/mol. The molecule has 2 nitrogen and oxygen atoms in total. The Morgan fingerprint density at radius 3 is 3.08 bits per heavy atom. The van der Waals surface area contributed by atoms with Gasteiger partial charge < -0.3 is 4.74 Å². The molecule has 0 atom stereocenters. The van der Waals surface area contributed by atoms with Crippen LogP contribution in [0, 0.1) is 6.92 Å². The van der Waals surface area contributed by atoms with Gasteiger partial charge in [0.1, 0.15) is 6.61 Å². The van der Waals surface area contributed by atoms with E-state index in [0.29, 0.717) is 0 Å². The summed E-state index contributed by atoms with van der Waals surface area (Å²) >= 11 is 0. The van der Waals surface area contributed by atoms with Crippen molar-refractivity contribution in [1.82, 2.24) is 0 Å². The van der Waals surface area contributed by atoms with Crippen molar-refractivity contribution in [2.24, 2.45) is 4.99 Å². The van der Waals surface area contributed by atoms with E-state index in [1.54, 1.807) is 0 Å². The largest absolute Gasteiger partial charge is 0.479 e. The first kappa shape index (κ1) is 8.30. The van der Waals surface area contributed by atoms with Crippen LogP contribution in [0.3, 0.4) is 0 Å². The number of benzene rings is 1. The van der Waals surface area contributed by atoms with Crippen LogP contribution in [0.15, 0.2) is 29.3 Å². The van der Waals surface area contributed by atoms with Crippen LogP contribution in [0.4, 0.5) is 0 Å². The maximum absolute atomic E-state index is 5.35. The Labute approximate surface area is 78.3 Å². The molecule has 0 bridgehead atoms. The molecule has 0 saturated carbocycles. The first-order valence-corrected chi connectivity index (χ1v) is 4.56. The summed E-state index contributed by atoms with van der Waals surface area (Å²) in [6.07, 6.45) is 0.835. The molecule has 1 aliphatic heterocycles. The topological polar surface area (TPSA) is 21.6 Å². The first-order chi connectivity index (χ1) is 6.34. The number of hydrogen-bond acceptors (Lipinski definition) is 2. The lowest BCUT2D eigenvalue weighted by molar-refractivity contribution is 0.341. The highest BCUT2D eigenvalue weighted by Crippen LogP contribution is 2.07. The second-order valence-corrected chi connectivity index (χ2v) is 3.29. The molecule has 0 fully saturated rings. The summed E-state index contributed by atoms with van der Waals surface area (Å²) < 4.78 is 5.35. The second-order valence-electron chi connectivity index (χ2n) is 3.29. The Morgan fingerprint density at radius 1 is 1.46 bits per heavy atom. The van der Waals surface area contributed by atoms with Gasteiger partial charge in [0, 0.05) is 6.42 Å². The molecular weight excluding hydrogens is 162 g/mol. The van der Waals surface area contributed by atoms with Crippen LogP contribution in [0.5, 0.6) is 0 Å². The Kier molecular flexibility index (Phi) is 2.30. The van der Waals surface area contributed by atoms with Crippen molar-refractivity contribution >= 4 is 5.90 Å². The molecule has 0 amide bonds. The van der Waals surface area contributed by atoms with E-state index in [1.165, 1.54) is 11.1 Å². The highest BCUT2D eigenvalue weighted by molar-refractivity contribution is 5.79. The van der Waals surface area contributed by atoms with Crippen molar-refractivity contribution in [3.8, 4) is 0 Å². The van der Waals surface area contributed by atoms with Crippen molar-refractivity contribution in [1.29, 1.82) is 0 Å². The molecule has 0 N–H and O–H groups in total. The Hall–Kier alpha value is -1.31. The maximum Gasteiger partial charge on any atom is 0.187 e. The van der Waals surface area contributed by atoms with Crippen LogP contribution in [-0.2, 0) is 11.2 Å². The van der Waals surface area contributed by atoms with E-state index >= 15 is 0 Å². The monoisotopic (exact) mass is 175 g/mol. The lowest BCUT2D eigenvalue weighted by Gasteiger charge is -2.02. The number of aliphatic imine (C=N–C) groups is 1. The summed E-state index contributed by atoms with van der Waals surface area (Å²) in [4.78, 5) is 4.26. The molecule has 2 heteroatoms. The minimum Gasteiger partial charge on any atom is -0.479 e. The Bertz CT molecular complexity index is 331. The fraction of sp³-hybridized carbons (Fsp3) is 0.364.